The Balaban J connectivity index is 2.22. The van der Waals surface area contributed by atoms with Crippen molar-refractivity contribution >= 4 is 6.03 Å². The van der Waals surface area contributed by atoms with Crippen molar-refractivity contribution in [1.29, 1.82) is 0 Å². The largest absolute Gasteiger partial charge is 0.395 e. The first-order valence-electron chi connectivity index (χ1n) is 7.62. The molecule has 0 aliphatic rings. The molecule has 4 nitrogen and oxygen atoms in total. The van der Waals surface area contributed by atoms with Gasteiger partial charge in [-0.25, -0.2) is 13.6 Å². The minimum Gasteiger partial charge on any atom is -0.395 e. The van der Waals surface area contributed by atoms with E-state index in [4.69, 9.17) is 5.11 Å². The number of aliphatic hydroxyl groups excluding tert-OH is 1. The average Bonchev–Trinajstić information content (AvgIpc) is 2.54. The second-order valence-corrected chi connectivity index (χ2v) is 5.54. The molecular formula is C18H20F2N2O2. The Labute approximate surface area is 139 Å². The molecule has 0 bridgehead atoms. The van der Waals surface area contributed by atoms with Gasteiger partial charge in [0.1, 0.15) is 11.6 Å². The second-order valence-electron chi connectivity index (χ2n) is 5.54. The SMILES string of the molecule is CN(CCO)C(=O)NC(Cc1cccc(F)c1)c1cccc(F)c1. The zero-order chi connectivity index (χ0) is 17.5. The Morgan fingerprint density at radius 3 is 2.46 bits per heavy atom. The van der Waals surface area contributed by atoms with Gasteiger partial charge in [-0.05, 0) is 41.8 Å². The van der Waals surface area contributed by atoms with Gasteiger partial charge in [0, 0.05) is 13.6 Å². The van der Waals surface area contributed by atoms with Crippen LogP contribution in [0.5, 0.6) is 0 Å². The summed E-state index contributed by atoms with van der Waals surface area (Å²) in [5.74, 6) is -0.774. The normalized spacial score (nSPS) is 11.8. The van der Waals surface area contributed by atoms with Gasteiger partial charge >= 0.3 is 6.03 Å². The summed E-state index contributed by atoms with van der Waals surface area (Å²) >= 11 is 0. The van der Waals surface area contributed by atoms with Crippen LogP contribution in [0.2, 0.25) is 0 Å². The first kappa shape index (κ1) is 17.9. The van der Waals surface area contributed by atoms with Crippen molar-refractivity contribution in [2.75, 3.05) is 20.2 Å². The molecular weight excluding hydrogens is 314 g/mol. The summed E-state index contributed by atoms with van der Waals surface area (Å²) in [6.45, 7) is 0.0279. The summed E-state index contributed by atoms with van der Waals surface area (Å²) in [7, 11) is 1.55. The topological polar surface area (TPSA) is 52.6 Å². The Bertz CT molecular complexity index is 694. The summed E-state index contributed by atoms with van der Waals surface area (Å²) < 4.78 is 26.9. The molecule has 2 aromatic carbocycles. The van der Waals surface area contributed by atoms with Gasteiger partial charge in [-0.3, -0.25) is 0 Å². The number of hydrogen-bond acceptors (Lipinski definition) is 2. The summed E-state index contributed by atoms with van der Waals surface area (Å²) in [4.78, 5) is 13.5. The number of carbonyl (C=O) groups excluding carboxylic acids is 1. The van der Waals surface area contributed by atoms with Crippen molar-refractivity contribution in [2.45, 2.75) is 12.5 Å². The molecule has 0 spiro atoms. The highest BCUT2D eigenvalue weighted by molar-refractivity contribution is 5.74. The molecule has 128 valence electrons. The molecule has 2 rings (SSSR count). The molecule has 0 saturated heterocycles. The third kappa shape index (κ3) is 5.03. The van der Waals surface area contributed by atoms with Gasteiger partial charge in [0.25, 0.3) is 0 Å². The first-order chi connectivity index (χ1) is 11.5. The molecule has 1 unspecified atom stereocenters. The van der Waals surface area contributed by atoms with E-state index >= 15 is 0 Å². The Hall–Kier alpha value is -2.47. The van der Waals surface area contributed by atoms with Crippen molar-refractivity contribution < 1.29 is 18.7 Å². The van der Waals surface area contributed by atoms with Gasteiger partial charge in [0.2, 0.25) is 0 Å². The quantitative estimate of drug-likeness (QED) is 0.853. The molecule has 0 aliphatic heterocycles. The van der Waals surface area contributed by atoms with Gasteiger partial charge in [0.15, 0.2) is 0 Å². The van der Waals surface area contributed by atoms with E-state index in [1.165, 1.54) is 29.2 Å². The molecule has 0 fully saturated rings. The van der Waals surface area contributed by atoms with Crippen LogP contribution in [0.3, 0.4) is 0 Å². The number of halogens is 2. The number of nitrogens with zero attached hydrogens (tertiary/aromatic N) is 1. The molecule has 0 aromatic heterocycles. The fraction of sp³-hybridized carbons (Fsp3) is 0.278. The molecule has 1 atom stereocenters. The monoisotopic (exact) mass is 334 g/mol. The lowest BCUT2D eigenvalue weighted by Gasteiger charge is -2.24. The van der Waals surface area contributed by atoms with E-state index in [0.29, 0.717) is 17.5 Å². The summed E-state index contributed by atoms with van der Waals surface area (Å²) in [5.41, 5.74) is 1.28. The molecule has 2 aromatic rings. The Kier molecular flexibility index (Phi) is 6.26. The smallest absolute Gasteiger partial charge is 0.317 e. The number of benzene rings is 2. The van der Waals surface area contributed by atoms with E-state index in [2.05, 4.69) is 5.32 Å². The number of rotatable bonds is 6. The zero-order valence-corrected chi connectivity index (χ0v) is 13.4. The van der Waals surface area contributed by atoms with Gasteiger partial charge in [-0.2, -0.15) is 0 Å². The van der Waals surface area contributed by atoms with Gasteiger partial charge in [-0.1, -0.05) is 24.3 Å². The van der Waals surface area contributed by atoms with Crippen LogP contribution in [0.15, 0.2) is 48.5 Å². The maximum Gasteiger partial charge on any atom is 0.317 e. The van der Waals surface area contributed by atoms with E-state index in [0.717, 1.165) is 0 Å². The van der Waals surface area contributed by atoms with E-state index in [1.54, 1.807) is 31.3 Å². The van der Waals surface area contributed by atoms with Crippen LogP contribution in [-0.4, -0.2) is 36.2 Å². The highest BCUT2D eigenvalue weighted by atomic mass is 19.1. The maximum atomic E-state index is 13.5. The molecule has 2 amide bonds. The van der Waals surface area contributed by atoms with E-state index in [-0.39, 0.29) is 19.0 Å². The number of aliphatic hydroxyl groups is 1. The molecule has 0 aliphatic carbocycles. The standard InChI is InChI=1S/C18H20F2N2O2/c1-22(8-9-23)18(24)21-17(14-5-3-7-16(20)12-14)11-13-4-2-6-15(19)10-13/h2-7,10,12,17,23H,8-9,11H2,1H3,(H,21,24). The van der Waals surface area contributed by atoms with Crippen molar-refractivity contribution in [3.8, 4) is 0 Å². The third-order valence-corrected chi connectivity index (χ3v) is 3.66. The molecule has 0 heterocycles. The molecule has 0 radical (unpaired) electrons. The van der Waals surface area contributed by atoms with Crippen LogP contribution in [0.1, 0.15) is 17.2 Å². The molecule has 0 saturated carbocycles. The molecule has 24 heavy (non-hydrogen) atoms. The highest BCUT2D eigenvalue weighted by Gasteiger charge is 2.18. The number of urea groups is 1. The van der Waals surface area contributed by atoms with Crippen molar-refractivity contribution in [1.82, 2.24) is 10.2 Å². The fourth-order valence-electron chi connectivity index (χ4n) is 2.39. The predicted molar refractivity (Wildman–Crippen MR) is 87.5 cm³/mol. The number of carbonyl (C=O) groups is 1. The van der Waals surface area contributed by atoms with Crippen LogP contribution in [0.25, 0.3) is 0 Å². The van der Waals surface area contributed by atoms with Gasteiger partial charge in [-0.15, -0.1) is 0 Å². The van der Waals surface area contributed by atoms with Crippen LogP contribution in [-0.2, 0) is 6.42 Å². The van der Waals surface area contributed by atoms with Crippen LogP contribution < -0.4 is 5.32 Å². The van der Waals surface area contributed by atoms with Crippen LogP contribution in [0.4, 0.5) is 13.6 Å². The predicted octanol–water partition coefficient (Wildman–Crippen LogP) is 2.88. The number of likely N-dealkylation sites (N-methyl/N-ethyl adjacent to an activating group) is 1. The second kappa shape index (κ2) is 8.40. The number of nitrogens with one attached hydrogen (secondary N) is 1. The van der Waals surface area contributed by atoms with Crippen LogP contribution in [0, 0.1) is 11.6 Å². The minimum atomic E-state index is -0.517. The van der Waals surface area contributed by atoms with Crippen molar-refractivity contribution in [2.24, 2.45) is 0 Å². The minimum absolute atomic E-state index is 0.154. The number of hydrogen-bond donors (Lipinski definition) is 2. The van der Waals surface area contributed by atoms with Crippen molar-refractivity contribution in [3.63, 3.8) is 0 Å². The van der Waals surface area contributed by atoms with E-state index in [9.17, 15) is 13.6 Å². The highest BCUT2D eigenvalue weighted by Crippen LogP contribution is 2.20. The van der Waals surface area contributed by atoms with Gasteiger partial charge < -0.3 is 15.3 Å². The van der Waals surface area contributed by atoms with Gasteiger partial charge in [0.05, 0.1) is 12.6 Å². The third-order valence-electron chi connectivity index (χ3n) is 3.66. The van der Waals surface area contributed by atoms with Crippen molar-refractivity contribution in [3.05, 3.63) is 71.3 Å². The first-order valence-corrected chi connectivity index (χ1v) is 7.62. The lowest BCUT2D eigenvalue weighted by Crippen LogP contribution is -2.41. The summed E-state index contributed by atoms with van der Waals surface area (Å²) in [6, 6.07) is 11.1. The maximum absolute atomic E-state index is 13.5. The van der Waals surface area contributed by atoms with E-state index in [1.807, 2.05) is 0 Å². The fourth-order valence-corrected chi connectivity index (χ4v) is 2.39. The van der Waals surface area contributed by atoms with Crippen LogP contribution >= 0.6 is 0 Å². The Morgan fingerprint density at radius 1 is 1.17 bits per heavy atom. The molecule has 2 N–H and O–H groups in total. The lowest BCUT2D eigenvalue weighted by atomic mass is 9.98. The average molecular weight is 334 g/mol. The zero-order valence-electron chi connectivity index (χ0n) is 13.4. The summed E-state index contributed by atoms with van der Waals surface area (Å²) in [6.07, 6.45) is 0.319. The summed E-state index contributed by atoms with van der Waals surface area (Å²) in [5, 5.41) is 11.7. The van der Waals surface area contributed by atoms with E-state index < -0.39 is 17.9 Å². The number of amides is 2. The Morgan fingerprint density at radius 2 is 1.83 bits per heavy atom. The lowest BCUT2D eigenvalue weighted by molar-refractivity contribution is 0.187. The molecule has 6 heteroatoms.